The number of aliphatic carboxylic acids is 2. The summed E-state index contributed by atoms with van der Waals surface area (Å²) in [4.78, 5) is 21.0. The van der Waals surface area contributed by atoms with Crippen molar-refractivity contribution in [3.63, 3.8) is 0 Å². The molecule has 0 spiro atoms. The van der Waals surface area contributed by atoms with Gasteiger partial charge in [0.25, 0.3) is 0 Å². The van der Waals surface area contributed by atoms with Crippen LogP contribution in [-0.2, 0) is 9.59 Å². The van der Waals surface area contributed by atoms with Gasteiger partial charge in [-0.25, -0.2) is 0 Å². The maximum Gasteiger partial charge on any atom is 0.303 e. The molecule has 0 aliphatic heterocycles. The lowest BCUT2D eigenvalue weighted by Crippen LogP contribution is -2.46. The van der Waals surface area contributed by atoms with Crippen LogP contribution < -0.4 is 0 Å². The van der Waals surface area contributed by atoms with Crippen LogP contribution in [-0.4, -0.2) is 22.2 Å². The summed E-state index contributed by atoms with van der Waals surface area (Å²) in [6.07, 6.45) is 1.04. The van der Waals surface area contributed by atoms with Crippen LogP contribution in [0.2, 0.25) is 0 Å². The number of hydrogen-bond acceptors (Lipinski definition) is 2. The number of carboxylic acids is 2. The minimum absolute atomic E-state index is 0.129. The molecule has 0 aromatic rings. The Hall–Kier alpha value is -1.06. The number of carbonyl (C=O) groups is 2. The summed E-state index contributed by atoms with van der Waals surface area (Å²) in [7, 11) is 0. The van der Waals surface area contributed by atoms with Crippen molar-refractivity contribution in [2.75, 3.05) is 0 Å². The molecule has 0 radical (unpaired) electrons. The summed E-state index contributed by atoms with van der Waals surface area (Å²) in [5, 5.41) is 17.3. The van der Waals surface area contributed by atoms with Crippen LogP contribution >= 0.6 is 0 Å². The normalized spacial score (nSPS) is 29.3. The highest BCUT2D eigenvalue weighted by molar-refractivity contribution is 5.68. The Bertz CT molecular complexity index is 233. The number of rotatable bonds is 4. The summed E-state index contributed by atoms with van der Waals surface area (Å²) >= 11 is 0. The van der Waals surface area contributed by atoms with Crippen LogP contribution in [0.25, 0.3) is 0 Å². The summed E-state index contributed by atoms with van der Waals surface area (Å²) < 4.78 is 0. The second-order valence-corrected chi connectivity index (χ2v) is 4.65. The van der Waals surface area contributed by atoms with E-state index in [-0.39, 0.29) is 30.1 Å². The number of carboxylic acid groups (broad SMARTS) is 2. The average Bonchev–Trinajstić information content (AvgIpc) is 2.01. The molecule has 0 aromatic carbocycles. The van der Waals surface area contributed by atoms with E-state index in [1.807, 2.05) is 13.8 Å². The minimum Gasteiger partial charge on any atom is -0.481 e. The molecule has 0 amide bonds. The summed E-state index contributed by atoms with van der Waals surface area (Å²) in [5.74, 6) is -1.33. The first-order chi connectivity index (χ1) is 6.34. The third kappa shape index (κ3) is 2.05. The molecular formula is C10H16O4. The molecule has 0 bridgehead atoms. The van der Waals surface area contributed by atoms with Crippen LogP contribution in [0.4, 0.5) is 0 Å². The van der Waals surface area contributed by atoms with Crippen molar-refractivity contribution in [3.8, 4) is 0 Å². The van der Waals surface area contributed by atoms with Crippen molar-refractivity contribution in [2.24, 2.45) is 17.3 Å². The largest absolute Gasteiger partial charge is 0.481 e. The van der Waals surface area contributed by atoms with Gasteiger partial charge in [-0.15, -0.1) is 0 Å². The average molecular weight is 200 g/mol. The molecule has 0 saturated heterocycles. The molecule has 0 aromatic heterocycles. The molecule has 80 valence electrons. The van der Waals surface area contributed by atoms with E-state index in [1.54, 1.807) is 0 Å². The third-order valence-corrected chi connectivity index (χ3v) is 3.52. The molecule has 1 rings (SSSR count). The summed E-state index contributed by atoms with van der Waals surface area (Å²) in [6.45, 7) is 3.91. The molecule has 2 unspecified atom stereocenters. The van der Waals surface area contributed by atoms with Crippen LogP contribution in [0.15, 0.2) is 0 Å². The Morgan fingerprint density at radius 1 is 1.14 bits per heavy atom. The highest BCUT2D eigenvalue weighted by Crippen LogP contribution is 2.54. The fraction of sp³-hybridized carbons (Fsp3) is 0.800. The quantitative estimate of drug-likeness (QED) is 0.722. The molecule has 4 heteroatoms. The van der Waals surface area contributed by atoms with E-state index < -0.39 is 11.9 Å². The van der Waals surface area contributed by atoms with Crippen molar-refractivity contribution < 1.29 is 19.8 Å². The van der Waals surface area contributed by atoms with Gasteiger partial charge in [0.05, 0.1) is 0 Å². The molecule has 1 aliphatic carbocycles. The Balaban J connectivity index is 2.50. The molecule has 4 nitrogen and oxygen atoms in total. The lowest BCUT2D eigenvalue weighted by Gasteiger charge is -2.51. The summed E-state index contributed by atoms with van der Waals surface area (Å²) in [5.41, 5.74) is -0.142. The van der Waals surface area contributed by atoms with Gasteiger partial charge >= 0.3 is 11.9 Å². The molecule has 1 aliphatic rings. The Morgan fingerprint density at radius 2 is 1.50 bits per heavy atom. The van der Waals surface area contributed by atoms with Gasteiger partial charge in [0.2, 0.25) is 0 Å². The minimum atomic E-state index is -0.795. The smallest absolute Gasteiger partial charge is 0.303 e. The summed E-state index contributed by atoms with van der Waals surface area (Å²) in [6, 6.07) is 0. The van der Waals surface area contributed by atoms with Gasteiger partial charge in [0.15, 0.2) is 0 Å². The van der Waals surface area contributed by atoms with E-state index in [0.29, 0.717) is 0 Å². The first-order valence-electron chi connectivity index (χ1n) is 4.77. The second kappa shape index (κ2) is 3.59. The standard InChI is InChI=1S/C10H16O4/c1-10(2)6(4-8(11)12)3-7(10)5-9(13)14/h6-7H,3-5H2,1-2H3,(H,11,12)(H,13,14). The van der Waals surface area contributed by atoms with E-state index in [4.69, 9.17) is 10.2 Å². The van der Waals surface area contributed by atoms with Crippen LogP contribution in [0.5, 0.6) is 0 Å². The van der Waals surface area contributed by atoms with Gasteiger partial charge in [0, 0.05) is 12.8 Å². The van der Waals surface area contributed by atoms with Crippen molar-refractivity contribution in [2.45, 2.75) is 33.1 Å². The monoisotopic (exact) mass is 200 g/mol. The topological polar surface area (TPSA) is 74.6 Å². The predicted molar refractivity (Wildman–Crippen MR) is 49.9 cm³/mol. The van der Waals surface area contributed by atoms with Gasteiger partial charge in [-0.1, -0.05) is 13.8 Å². The van der Waals surface area contributed by atoms with Crippen LogP contribution in [0.3, 0.4) is 0 Å². The maximum atomic E-state index is 10.5. The lowest BCUT2D eigenvalue weighted by atomic mass is 9.53. The zero-order valence-electron chi connectivity index (χ0n) is 8.49. The highest BCUT2D eigenvalue weighted by Gasteiger charge is 2.48. The van der Waals surface area contributed by atoms with E-state index in [1.165, 1.54) is 0 Å². The molecule has 1 saturated carbocycles. The van der Waals surface area contributed by atoms with Crippen molar-refractivity contribution in [1.82, 2.24) is 0 Å². The first kappa shape index (κ1) is 11.0. The Morgan fingerprint density at radius 3 is 1.71 bits per heavy atom. The Kier molecular flexibility index (Phi) is 2.83. The molecular weight excluding hydrogens is 184 g/mol. The predicted octanol–water partition coefficient (Wildman–Crippen LogP) is 1.60. The Labute approximate surface area is 82.9 Å². The SMILES string of the molecule is CC1(C)C(CC(=O)O)CC1CC(=O)O. The number of hydrogen-bond donors (Lipinski definition) is 2. The molecule has 0 heterocycles. The van der Waals surface area contributed by atoms with E-state index >= 15 is 0 Å². The van der Waals surface area contributed by atoms with Crippen molar-refractivity contribution >= 4 is 11.9 Å². The molecule has 2 atom stereocenters. The van der Waals surface area contributed by atoms with Gasteiger partial charge in [0.1, 0.15) is 0 Å². The van der Waals surface area contributed by atoms with Gasteiger partial charge < -0.3 is 10.2 Å². The van der Waals surface area contributed by atoms with Crippen LogP contribution in [0, 0.1) is 17.3 Å². The molecule has 1 fully saturated rings. The van der Waals surface area contributed by atoms with Gasteiger partial charge in [-0.05, 0) is 23.7 Å². The second-order valence-electron chi connectivity index (χ2n) is 4.65. The van der Waals surface area contributed by atoms with E-state index in [0.717, 1.165) is 6.42 Å². The zero-order chi connectivity index (χ0) is 10.9. The third-order valence-electron chi connectivity index (χ3n) is 3.52. The molecule has 14 heavy (non-hydrogen) atoms. The fourth-order valence-corrected chi connectivity index (χ4v) is 2.24. The fourth-order valence-electron chi connectivity index (χ4n) is 2.24. The zero-order valence-corrected chi connectivity index (χ0v) is 8.49. The van der Waals surface area contributed by atoms with E-state index in [2.05, 4.69) is 0 Å². The maximum absolute atomic E-state index is 10.5. The van der Waals surface area contributed by atoms with E-state index in [9.17, 15) is 9.59 Å². The van der Waals surface area contributed by atoms with Crippen molar-refractivity contribution in [3.05, 3.63) is 0 Å². The first-order valence-corrected chi connectivity index (χ1v) is 4.77. The molecule has 2 N–H and O–H groups in total. The highest BCUT2D eigenvalue weighted by atomic mass is 16.4. The van der Waals surface area contributed by atoms with Gasteiger partial charge in [-0.2, -0.15) is 0 Å². The van der Waals surface area contributed by atoms with Crippen LogP contribution in [0.1, 0.15) is 33.1 Å². The van der Waals surface area contributed by atoms with Gasteiger partial charge in [-0.3, -0.25) is 9.59 Å². The lowest BCUT2D eigenvalue weighted by molar-refractivity contribution is -0.148. The van der Waals surface area contributed by atoms with Crippen molar-refractivity contribution in [1.29, 1.82) is 0 Å².